The van der Waals surface area contributed by atoms with Crippen LogP contribution in [0.1, 0.15) is 66.2 Å². The minimum atomic E-state index is -0.260. The van der Waals surface area contributed by atoms with Crippen LogP contribution in [-0.2, 0) is 9.53 Å². The average Bonchev–Trinajstić information content (AvgIpc) is 2.24. The molecule has 1 unspecified atom stereocenters. The van der Waals surface area contributed by atoms with E-state index in [0.717, 1.165) is 19.3 Å². The Kier molecular flexibility index (Phi) is 7.45. The molecule has 0 fully saturated rings. The first-order valence-electron chi connectivity index (χ1n) is 6.28. The molecule has 0 heterocycles. The van der Waals surface area contributed by atoms with Crippen LogP contribution in [0.25, 0.3) is 0 Å². The van der Waals surface area contributed by atoms with Gasteiger partial charge in [-0.15, -0.1) is 0 Å². The van der Waals surface area contributed by atoms with E-state index in [1.54, 1.807) is 0 Å². The fourth-order valence-corrected chi connectivity index (χ4v) is 1.67. The maximum absolute atomic E-state index is 11.7. The van der Waals surface area contributed by atoms with E-state index in [0.29, 0.717) is 6.61 Å². The quantitative estimate of drug-likeness (QED) is 0.452. The Morgan fingerprint density at radius 1 is 1.13 bits per heavy atom. The van der Waals surface area contributed by atoms with Gasteiger partial charge < -0.3 is 4.74 Å². The maximum Gasteiger partial charge on any atom is 0.311 e. The number of unbranched alkanes of at least 4 members (excludes halogenated alkanes) is 3. The Balaban J connectivity index is 4.00. The molecular formula is C13H26O2. The van der Waals surface area contributed by atoms with Crippen LogP contribution in [0.2, 0.25) is 0 Å². The summed E-state index contributed by atoms with van der Waals surface area (Å²) in [5.74, 6) is -0.0241. The Morgan fingerprint density at radius 2 is 1.80 bits per heavy atom. The van der Waals surface area contributed by atoms with Crippen molar-refractivity contribution in [3.63, 3.8) is 0 Å². The fraction of sp³-hybridized carbons (Fsp3) is 0.923. The number of ether oxygens (including phenoxy) is 1. The highest BCUT2D eigenvalue weighted by atomic mass is 16.5. The first kappa shape index (κ1) is 14.5. The van der Waals surface area contributed by atoms with Crippen molar-refractivity contribution in [1.82, 2.24) is 0 Å². The van der Waals surface area contributed by atoms with Gasteiger partial charge in [0.25, 0.3) is 0 Å². The monoisotopic (exact) mass is 214 g/mol. The molecule has 0 aliphatic rings. The van der Waals surface area contributed by atoms with Crippen molar-refractivity contribution in [3.05, 3.63) is 0 Å². The number of hydrogen-bond acceptors (Lipinski definition) is 2. The number of rotatable bonds is 8. The lowest BCUT2D eigenvalue weighted by Gasteiger charge is -2.25. The number of carbonyl (C=O) groups excluding carboxylic acids is 1. The molecule has 0 aromatic carbocycles. The third-order valence-electron chi connectivity index (χ3n) is 3.13. The van der Waals surface area contributed by atoms with Crippen molar-refractivity contribution in [2.24, 2.45) is 5.41 Å². The zero-order valence-electron chi connectivity index (χ0n) is 10.8. The van der Waals surface area contributed by atoms with E-state index in [1.807, 2.05) is 13.8 Å². The van der Waals surface area contributed by atoms with Gasteiger partial charge in [-0.1, -0.05) is 39.5 Å². The predicted molar refractivity (Wildman–Crippen MR) is 63.8 cm³/mol. The first-order valence-corrected chi connectivity index (χ1v) is 6.28. The van der Waals surface area contributed by atoms with Gasteiger partial charge in [0.2, 0.25) is 0 Å². The topological polar surface area (TPSA) is 26.3 Å². The zero-order valence-corrected chi connectivity index (χ0v) is 10.8. The van der Waals surface area contributed by atoms with Crippen molar-refractivity contribution in [2.75, 3.05) is 6.61 Å². The van der Waals surface area contributed by atoms with E-state index in [1.165, 1.54) is 19.3 Å². The second-order valence-electron chi connectivity index (χ2n) is 4.45. The molecule has 0 amide bonds. The van der Waals surface area contributed by atoms with Gasteiger partial charge in [0, 0.05) is 0 Å². The largest absolute Gasteiger partial charge is 0.466 e. The lowest BCUT2D eigenvalue weighted by atomic mass is 9.82. The van der Waals surface area contributed by atoms with E-state index in [-0.39, 0.29) is 11.4 Å². The third kappa shape index (κ3) is 5.19. The lowest BCUT2D eigenvalue weighted by molar-refractivity contribution is -0.155. The second kappa shape index (κ2) is 7.72. The summed E-state index contributed by atoms with van der Waals surface area (Å²) in [4.78, 5) is 11.7. The number of carbonyl (C=O) groups is 1. The molecule has 0 bridgehead atoms. The molecule has 2 heteroatoms. The molecule has 90 valence electrons. The van der Waals surface area contributed by atoms with Gasteiger partial charge in [-0.05, 0) is 26.7 Å². The van der Waals surface area contributed by atoms with Crippen LogP contribution in [0.4, 0.5) is 0 Å². The van der Waals surface area contributed by atoms with Crippen LogP contribution in [0.3, 0.4) is 0 Å². The summed E-state index contributed by atoms with van der Waals surface area (Å²) in [6.45, 7) is 8.65. The second-order valence-corrected chi connectivity index (χ2v) is 4.45. The summed E-state index contributed by atoms with van der Waals surface area (Å²) < 4.78 is 5.12. The highest BCUT2D eigenvalue weighted by Gasteiger charge is 2.31. The lowest BCUT2D eigenvalue weighted by Crippen LogP contribution is -2.29. The summed E-state index contributed by atoms with van der Waals surface area (Å²) in [7, 11) is 0. The molecule has 0 spiro atoms. The molecular weight excluding hydrogens is 188 g/mol. The van der Waals surface area contributed by atoms with Crippen molar-refractivity contribution in [1.29, 1.82) is 0 Å². The van der Waals surface area contributed by atoms with Crippen molar-refractivity contribution < 1.29 is 9.53 Å². The molecule has 2 nitrogen and oxygen atoms in total. The number of esters is 1. The SMILES string of the molecule is CCCCCCC(C)(CC)C(=O)OCC. The van der Waals surface area contributed by atoms with Gasteiger partial charge in [-0.25, -0.2) is 0 Å². The molecule has 0 aromatic heterocycles. The van der Waals surface area contributed by atoms with E-state index >= 15 is 0 Å². The Labute approximate surface area is 94.4 Å². The molecule has 0 radical (unpaired) electrons. The van der Waals surface area contributed by atoms with Gasteiger partial charge >= 0.3 is 5.97 Å². The molecule has 0 saturated heterocycles. The van der Waals surface area contributed by atoms with Crippen LogP contribution in [-0.4, -0.2) is 12.6 Å². The minimum absolute atomic E-state index is 0.0241. The summed E-state index contributed by atoms with van der Waals surface area (Å²) in [5, 5.41) is 0. The highest BCUT2D eigenvalue weighted by molar-refractivity contribution is 5.76. The predicted octanol–water partition coefficient (Wildman–Crippen LogP) is 3.94. The molecule has 1 atom stereocenters. The zero-order chi connectivity index (χ0) is 11.7. The average molecular weight is 214 g/mol. The minimum Gasteiger partial charge on any atom is -0.466 e. The molecule has 15 heavy (non-hydrogen) atoms. The third-order valence-corrected chi connectivity index (χ3v) is 3.13. The Morgan fingerprint density at radius 3 is 2.27 bits per heavy atom. The molecule has 0 saturated carbocycles. The summed E-state index contributed by atoms with van der Waals surface area (Å²) in [6.07, 6.45) is 6.70. The van der Waals surface area contributed by atoms with Crippen LogP contribution in [0.5, 0.6) is 0 Å². The van der Waals surface area contributed by atoms with Crippen LogP contribution < -0.4 is 0 Å². The molecule has 0 aliphatic heterocycles. The molecule has 0 N–H and O–H groups in total. The van der Waals surface area contributed by atoms with Crippen molar-refractivity contribution in [3.8, 4) is 0 Å². The summed E-state index contributed by atoms with van der Waals surface area (Å²) >= 11 is 0. The van der Waals surface area contributed by atoms with Crippen LogP contribution in [0.15, 0.2) is 0 Å². The van der Waals surface area contributed by atoms with Gasteiger partial charge in [-0.3, -0.25) is 4.79 Å². The van der Waals surface area contributed by atoms with Crippen LogP contribution >= 0.6 is 0 Å². The normalized spacial score (nSPS) is 14.7. The molecule has 0 aromatic rings. The molecule has 0 rings (SSSR count). The van der Waals surface area contributed by atoms with Gasteiger partial charge in [-0.2, -0.15) is 0 Å². The van der Waals surface area contributed by atoms with Crippen molar-refractivity contribution in [2.45, 2.75) is 66.2 Å². The summed E-state index contributed by atoms with van der Waals surface area (Å²) in [5.41, 5.74) is -0.260. The van der Waals surface area contributed by atoms with Gasteiger partial charge in [0.05, 0.1) is 12.0 Å². The summed E-state index contributed by atoms with van der Waals surface area (Å²) in [6, 6.07) is 0. The van der Waals surface area contributed by atoms with Crippen LogP contribution in [0, 0.1) is 5.41 Å². The maximum atomic E-state index is 11.7. The van der Waals surface area contributed by atoms with Gasteiger partial charge in [0.15, 0.2) is 0 Å². The standard InChI is InChI=1S/C13H26O2/c1-5-8-9-10-11-13(4,6-2)12(14)15-7-3/h5-11H2,1-4H3. The number of hydrogen-bond donors (Lipinski definition) is 0. The fourth-order valence-electron chi connectivity index (χ4n) is 1.67. The Bertz CT molecular complexity index is 177. The highest BCUT2D eigenvalue weighted by Crippen LogP contribution is 2.30. The van der Waals surface area contributed by atoms with E-state index < -0.39 is 0 Å². The van der Waals surface area contributed by atoms with Crippen molar-refractivity contribution >= 4 is 5.97 Å². The first-order chi connectivity index (χ1) is 7.10. The van der Waals surface area contributed by atoms with Gasteiger partial charge in [0.1, 0.15) is 0 Å². The van der Waals surface area contributed by atoms with E-state index in [9.17, 15) is 4.79 Å². The smallest absolute Gasteiger partial charge is 0.311 e. The molecule has 0 aliphatic carbocycles. The van der Waals surface area contributed by atoms with E-state index in [2.05, 4.69) is 13.8 Å². The van der Waals surface area contributed by atoms with E-state index in [4.69, 9.17) is 4.74 Å². The Hall–Kier alpha value is -0.530.